The van der Waals surface area contributed by atoms with E-state index in [2.05, 4.69) is 0 Å². The molecule has 1 aromatic rings. The first-order chi connectivity index (χ1) is 7.72. The van der Waals surface area contributed by atoms with Gasteiger partial charge in [-0.2, -0.15) is 11.8 Å². The molecule has 1 heterocycles. The molecule has 1 aliphatic heterocycles. The molecule has 1 aliphatic rings. The number of aliphatic hydroxyl groups excluding tert-OH is 1. The maximum absolute atomic E-state index is 10.3. The molecule has 2 nitrogen and oxygen atoms in total. The SMILES string of the molecule is COc1ccc(Cl)cc1C(O)C1CCCS1. The summed E-state index contributed by atoms with van der Waals surface area (Å²) < 4.78 is 5.25. The minimum absolute atomic E-state index is 0.271. The summed E-state index contributed by atoms with van der Waals surface area (Å²) in [6.07, 6.45) is 1.75. The van der Waals surface area contributed by atoms with E-state index in [0.717, 1.165) is 17.7 Å². The summed E-state index contributed by atoms with van der Waals surface area (Å²) >= 11 is 7.77. The van der Waals surface area contributed by atoms with E-state index in [4.69, 9.17) is 16.3 Å². The van der Waals surface area contributed by atoms with Crippen LogP contribution in [0.1, 0.15) is 24.5 Å². The number of hydrogen-bond donors (Lipinski definition) is 1. The van der Waals surface area contributed by atoms with Gasteiger partial charge in [-0.3, -0.25) is 0 Å². The minimum Gasteiger partial charge on any atom is -0.496 e. The van der Waals surface area contributed by atoms with Crippen LogP contribution >= 0.6 is 23.4 Å². The van der Waals surface area contributed by atoms with Gasteiger partial charge in [0.25, 0.3) is 0 Å². The lowest BCUT2D eigenvalue weighted by Gasteiger charge is -2.20. The van der Waals surface area contributed by atoms with Crippen molar-refractivity contribution in [1.82, 2.24) is 0 Å². The molecule has 0 radical (unpaired) electrons. The van der Waals surface area contributed by atoms with Gasteiger partial charge in [-0.15, -0.1) is 0 Å². The van der Waals surface area contributed by atoms with E-state index in [1.165, 1.54) is 6.42 Å². The number of aliphatic hydroxyl groups is 1. The van der Waals surface area contributed by atoms with Gasteiger partial charge in [-0.25, -0.2) is 0 Å². The predicted octanol–water partition coefficient (Wildman–Crippen LogP) is 3.28. The van der Waals surface area contributed by atoms with Gasteiger partial charge in [0, 0.05) is 15.8 Å². The molecule has 1 saturated heterocycles. The number of halogens is 1. The molecular weight excluding hydrogens is 244 g/mol. The Morgan fingerprint density at radius 2 is 2.38 bits per heavy atom. The molecule has 0 saturated carbocycles. The lowest BCUT2D eigenvalue weighted by atomic mass is 10.0. The molecule has 0 aromatic heterocycles. The average Bonchev–Trinajstić information content (AvgIpc) is 2.81. The van der Waals surface area contributed by atoms with Crippen LogP contribution in [0.3, 0.4) is 0 Å². The Morgan fingerprint density at radius 1 is 1.56 bits per heavy atom. The highest BCUT2D eigenvalue weighted by molar-refractivity contribution is 8.00. The molecule has 16 heavy (non-hydrogen) atoms. The minimum atomic E-state index is -0.485. The predicted molar refractivity (Wildman–Crippen MR) is 68.4 cm³/mol. The number of hydrogen-bond acceptors (Lipinski definition) is 3. The highest BCUT2D eigenvalue weighted by Gasteiger charge is 2.27. The summed E-state index contributed by atoms with van der Waals surface area (Å²) in [5.41, 5.74) is 0.800. The Hall–Kier alpha value is -0.380. The van der Waals surface area contributed by atoms with Crippen molar-refractivity contribution in [3.05, 3.63) is 28.8 Å². The zero-order valence-corrected chi connectivity index (χ0v) is 10.7. The van der Waals surface area contributed by atoms with E-state index in [1.807, 2.05) is 11.8 Å². The van der Waals surface area contributed by atoms with Crippen LogP contribution in [0.25, 0.3) is 0 Å². The Kier molecular flexibility index (Phi) is 4.00. The van der Waals surface area contributed by atoms with Crippen LogP contribution in [0.4, 0.5) is 0 Å². The second-order valence-corrected chi connectivity index (χ2v) is 5.67. The first-order valence-corrected chi connectivity index (χ1v) is 6.78. The van der Waals surface area contributed by atoms with E-state index in [0.29, 0.717) is 10.8 Å². The lowest BCUT2D eigenvalue weighted by molar-refractivity contribution is 0.169. The van der Waals surface area contributed by atoms with Crippen LogP contribution in [-0.2, 0) is 0 Å². The van der Waals surface area contributed by atoms with Gasteiger partial charge in [0.15, 0.2) is 0 Å². The number of methoxy groups -OCH3 is 1. The molecular formula is C12H15ClO2S. The fourth-order valence-electron chi connectivity index (χ4n) is 1.99. The normalized spacial score (nSPS) is 22.1. The van der Waals surface area contributed by atoms with E-state index in [-0.39, 0.29) is 5.25 Å². The summed E-state index contributed by atoms with van der Waals surface area (Å²) in [5.74, 6) is 1.84. The third-order valence-electron chi connectivity index (χ3n) is 2.83. The summed E-state index contributed by atoms with van der Waals surface area (Å²) in [6, 6.07) is 5.38. The van der Waals surface area contributed by atoms with E-state index < -0.39 is 6.10 Å². The standard InChI is InChI=1S/C12H15ClO2S/c1-15-10-5-4-8(13)7-9(10)12(14)11-3-2-6-16-11/h4-5,7,11-12,14H,2-3,6H2,1H3. The highest BCUT2D eigenvalue weighted by Crippen LogP contribution is 2.39. The quantitative estimate of drug-likeness (QED) is 0.902. The maximum Gasteiger partial charge on any atom is 0.124 e. The third kappa shape index (κ3) is 2.47. The Balaban J connectivity index is 2.26. The summed E-state index contributed by atoms with van der Waals surface area (Å²) in [4.78, 5) is 0. The molecule has 0 aliphatic carbocycles. The van der Waals surface area contributed by atoms with Crippen LogP contribution in [0.5, 0.6) is 5.75 Å². The topological polar surface area (TPSA) is 29.5 Å². The van der Waals surface area contributed by atoms with Crippen LogP contribution in [0.2, 0.25) is 5.02 Å². The zero-order valence-electron chi connectivity index (χ0n) is 9.15. The van der Waals surface area contributed by atoms with E-state index in [9.17, 15) is 5.11 Å². The molecule has 2 atom stereocenters. The van der Waals surface area contributed by atoms with Crippen molar-refractivity contribution in [3.8, 4) is 5.75 Å². The van der Waals surface area contributed by atoms with Gasteiger partial charge in [-0.1, -0.05) is 11.6 Å². The van der Waals surface area contributed by atoms with Gasteiger partial charge in [0.1, 0.15) is 5.75 Å². The van der Waals surface area contributed by atoms with Gasteiger partial charge in [0.05, 0.1) is 13.2 Å². The molecule has 1 fully saturated rings. The largest absolute Gasteiger partial charge is 0.496 e. The molecule has 1 aromatic carbocycles. The van der Waals surface area contributed by atoms with Gasteiger partial charge < -0.3 is 9.84 Å². The second kappa shape index (κ2) is 5.30. The van der Waals surface area contributed by atoms with Crippen LogP contribution in [0, 0.1) is 0 Å². The molecule has 88 valence electrons. The fourth-order valence-corrected chi connectivity index (χ4v) is 3.47. The molecule has 0 spiro atoms. The van der Waals surface area contributed by atoms with E-state index in [1.54, 1.807) is 25.3 Å². The number of rotatable bonds is 3. The third-order valence-corrected chi connectivity index (χ3v) is 4.51. The van der Waals surface area contributed by atoms with Gasteiger partial charge >= 0.3 is 0 Å². The number of benzene rings is 1. The monoisotopic (exact) mass is 258 g/mol. The molecule has 2 unspecified atom stereocenters. The first-order valence-electron chi connectivity index (χ1n) is 5.35. The van der Waals surface area contributed by atoms with Crippen molar-refractivity contribution in [2.45, 2.75) is 24.2 Å². The Labute approximate surface area is 105 Å². The van der Waals surface area contributed by atoms with Crippen molar-refractivity contribution in [3.63, 3.8) is 0 Å². The second-order valence-electron chi connectivity index (χ2n) is 3.88. The fraction of sp³-hybridized carbons (Fsp3) is 0.500. The highest BCUT2D eigenvalue weighted by atomic mass is 35.5. The Bertz CT molecular complexity index is 364. The summed E-state index contributed by atoms with van der Waals surface area (Å²) in [6.45, 7) is 0. The summed E-state index contributed by atoms with van der Waals surface area (Å²) in [5, 5.41) is 11.2. The van der Waals surface area contributed by atoms with Crippen molar-refractivity contribution >= 4 is 23.4 Å². The summed E-state index contributed by atoms with van der Waals surface area (Å²) in [7, 11) is 1.61. The van der Waals surface area contributed by atoms with Crippen molar-refractivity contribution in [1.29, 1.82) is 0 Å². The lowest BCUT2D eigenvalue weighted by Crippen LogP contribution is -2.12. The van der Waals surface area contributed by atoms with Crippen molar-refractivity contribution < 1.29 is 9.84 Å². The van der Waals surface area contributed by atoms with Gasteiger partial charge in [0.2, 0.25) is 0 Å². The molecule has 0 bridgehead atoms. The van der Waals surface area contributed by atoms with Crippen LogP contribution in [0.15, 0.2) is 18.2 Å². The molecule has 1 N–H and O–H groups in total. The maximum atomic E-state index is 10.3. The smallest absolute Gasteiger partial charge is 0.124 e. The zero-order chi connectivity index (χ0) is 11.5. The first kappa shape index (κ1) is 12.1. The van der Waals surface area contributed by atoms with Crippen molar-refractivity contribution in [2.75, 3.05) is 12.9 Å². The van der Waals surface area contributed by atoms with Gasteiger partial charge in [-0.05, 0) is 36.8 Å². The molecule has 0 amide bonds. The molecule has 2 rings (SSSR count). The van der Waals surface area contributed by atoms with Crippen molar-refractivity contribution in [2.24, 2.45) is 0 Å². The number of ether oxygens (including phenoxy) is 1. The molecule has 4 heteroatoms. The Morgan fingerprint density at radius 3 is 3.00 bits per heavy atom. The number of thioether (sulfide) groups is 1. The van der Waals surface area contributed by atoms with Crippen LogP contribution < -0.4 is 4.74 Å². The van der Waals surface area contributed by atoms with Crippen LogP contribution in [-0.4, -0.2) is 23.2 Å². The average molecular weight is 259 g/mol. The van der Waals surface area contributed by atoms with E-state index >= 15 is 0 Å².